The first kappa shape index (κ1) is 17.0. The molecule has 1 heterocycles. The lowest BCUT2D eigenvalue weighted by molar-refractivity contribution is -0.119. The number of rotatable bonds is 5. The van der Waals surface area contributed by atoms with Crippen LogP contribution in [0.5, 0.6) is 5.75 Å². The summed E-state index contributed by atoms with van der Waals surface area (Å²) in [6, 6.07) is 23.9. The molecule has 1 N–H and O–H groups in total. The minimum Gasteiger partial charge on any atom is -0.497 e. The summed E-state index contributed by atoms with van der Waals surface area (Å²) in [5, 5.41) is 2.90. The van der Waals surface area contributed by atoms with E-state index >= 15 is 0 Å². The second-order valence-corrected chi connectivity index (χ2v) is 6.63. The highest BCUT2D eigenvalue weighted by atomic mass is 16.5. The Morgan fingerprint density at radius 1 is 0.926 bits per heavy atom. The fourth-order valence-electron chi connectivity index (χ4n) is 3.68. The maximum atomic E-state index is 13.6. The Labute approximate surface area is 157 Å². The summed E-state index contributed by atoms with van der Waals surface area (Å²) in [6.07, 6.45) is 0.285. The van der Waals surface area contributed by atoms with Gasteiger partial charge in [0.1, 0.15) is 11.2 Å². The van der Waals surface area contributed by atoms with Gasteiger partial charge in [-0.25, -0.2) is 0 Å². The predicted molar refractivity (Wildman–Crippen MR) is 104 cm³/mol. The van der Waals surface area contributed by atoms with E-state index in [-0.39, 0.29) is 18.1 Å². The molecule has 134 valence electrons. The topological polar surface area (TPSA) is 55.4 Å². The molecular weight excluding hydrogens is 338 g/mol. The zero-order valence-electron chi connectivity index (χ0n) is 14.9. The number of Topliss-reactive ketones (excluding diaryl/α,β-unsaturated/α-hetero) is 1. The Morgan fingerprint density at radius 2 is 1.59 bits per heavy atom. The minimum atomic E-state index is -1.29. The second kappa shape index (κ2) is 6.72. The van der Waals surface area contributed by atoms with E-state index in [1.807, 2.05) is 66.7 Å². The predicted octanol–water partition coefficient (Wildman–Crippen LogP) is 4.01. The molecule has 0 saturated heterocycles. The molecule has 27 heavy (non-hydrogen) atoms. The van der Waals surface area contributed by atoms with E-state index in [0.29, 0.717) is 11.3 Å². The third kappa shape index (κ3) is 2.79. The Kier molecular flexibility index (Phi) is 4.24. The number of ether oxygens (including phenoxy) is 1. The van der Waals surface area contributed by atoms with E-state index in [2.05, 4.69) is 5.32 Å². The fourth-order valence-corrected chi connectivity index (χ4v) is 3.68. The van der Waals surface area contributed by atoms with Gasteiger partial charge in [-0.3, -0.25) is 9.59 Å². The molecule has 1 unspecified atom stereocenters. The van der Waals surface area contributed by atoms with Crippen LogP contribution >= 0.6 is 0 Å². The van der Waals surface area contributed by atoms with Crippen LogP contribution in [-0.4, -0.2) is 18.8 Å². The van der Waals surface area contributed by atoms with Crippen molar-refractivity contribution in [2.45, 2.75) is 11.8 Å². The van der Waals surface area contributed by atoms with Gasteiger partial charge in [0.15, 0.2) is 5.78 Å². The van der Waals surface area contributed by atoms with Crippen LogP contribution in [0.4, 0.5) is 5.69 Å². The summed E-state index contributed by atoms with van der Waals surface area (Å²) < 4.78 is 5.21. The van der Waals surface area contributed by atoms with Crippen molar-refractivity contribution in [2.24, 2.45) is 0 Å². The summed E-state index contributed by atoms with van der Waals surface area (Å²) >= 11 is 0. The zero-order valence-corrected chi connectivity index (χ0v) is 14.9. The molecule has 4 rings (SSSR count). The first-order valence-corrected chi connectivity index (χ1v) is 8.79. The number of benzene rings is 3. The lowest BCUT2D eigenvalue weighted by atomic mass is 9.71. The average molecular weight is 357 g/mol. The molecule has 1 aliphatic rings. The zero-order chi connectivity index (χ0) is 18.9. The van der Waals surface area contributed by atoms with Crippen LogP contribution in [0.2, 0.25) is 0 Å². The first-order valence-electron chi connectivity index (χ1n) is 8.79. The van der Waals surface area contributed by atoms with Crippen LogP contribution in [0, 0.1) is 0 Å². The van der Waals surface area contributed by atoms with E-state index in [1.54, 1.807) is 19.2 Å². The van der Waals surface area contributed by atoms with Crippen molar-refractivity contribution in [2.75, 3.05) is 12.4 Å². The van der Waals surface area contributed by atoms with Crippen molar-refractivity contribution >= 4 is 17.4 Å². The number of ketones is 1. The molecule has 0 spiro atoms. The van der Waals surface area contributed by atoms with Crippen LogP contribution in [0.3, 0.4) is 0 Å². The Bertz CT molecular complexity index is 996. The maximum Gasteiger partial charge on any atom is 0.243 e. The molecule has 3 aromatic carbocycles. The summed E-state index contributed by atoms with van der Waals surface area (Å²) in [7, 11) is 1.61. The van der Waals surface area contributed by atoms with Gasteiger partial charge in [0, 0.05) is 11.3 Å². The largest absolute Gasteiger partial charge is 0.497 e. The molecule has 3 aromatic rings. The fraction of sp³-hybridized carbons (Fsp3) is 0.130. The highest BCUT2D eigenvalue weighted by Gasteiger charge is 2.52. The normalized spacial score (nSPS) is 17.9. The highest BCUT2D eigenvalue weighted by Crippen LogP contribution is 2.42. The number of hydrogen-bond donors (Lipinski definition) is 1. The van der Waals surface area contributed by atoms with Crippen molar-refractivity contribution in [3.63, 3.8) is 0 Å². The Morgan fingerprint density at radius 3 is 2.30 bits per heavy atom. The van der Waals surface area contributed by atoms with E-state index in [1.165, 1.54) is 0 Å². The number of fused-ring (bicyclic) bond motifs is 1. The van der Waals surface area contributed by atoms with Gasteiger partial charge in [0.05, 0.1) is 7.11 Å². The average Bonchev–Trinajstić information content (AvgIpc) is 3.01. The number of carbonyl (C=O) groups excluding carboxylic acids is 2. The van der Waals surface area contributed by atoms with Crippen molar-refractivity contribution in [3.8, 4) is 5.75 Å². The van der Waals surface area contributed by atoms with E-state index in [4.69, 9.17) is 4.74 Å². The van der Waals surface area contributed by atoms with Gasteiger partial charge in [-0.1, -0.05) is 60.7 Å². The summed E-state index contributed by atoms with van der Waals surface area (Å²) in [5.74, 6) is 0.258. The molecule has 0 bridgehead atoms. The summed E-state index contributed by atoms with van der Waals surface area (Å²) in [5.41, 5.74) is 1.55. The lowest BCUT2D eigenvalue weighted by Gasteiger charge is -2.26. The molecular formula is C23H19NO3. The number of hydrogen-bond acceptors (Lipinski definition) is 3. The van der Waals surface area contributed by atoms with E-state index < -0.39 is 5.41 Å². The number of methoxy groups -OCH3 is 1. The smallest absolute Gasteiger partial charge is 0.243 e. The van der Waals surface area contributed by atoms with Crippen molar-refractivity contribution in [1.29, 1.82) is 0 Å². The lowest BCUT2D eigenvalue weighted by Crippen LogP contribution is -2.44. The number of nitrogens with one attached hydrogen (secondary N) is 1. The molecule has 0 fully saturated rings. The molecule has 1 aliphatic heterocycles. The van der Waals surface area contributed by atoms with Crippen LogP contribution < -0.4 is 10.1 Å². The maximum absolute atomic E-state index is 13.6. The SMILES string of the molecule is COc1ccc(CC2(C(=O)c3ccccc3)C(=O)Nc3ccccc32)cc1. The van der Waals surface area contributed by atoms with Crippen LogP contribution in [0.25, 0.3) is 0 Å². The molecule has 0 radical (unpaired) electrons. The number of anilines is 1. The number of carbonyl (C=O) groups is 2. The van der Waals surface area contributed by atoms with E-state index in [9.17, 15) is 9.59 Å². The molecule has 4 nitrogen and oxygen atoms in total. The minimum absolute atomic E-state index is 0.193. The van der Waals surface area contributed by atoms with E-state index in [0.717, 1.165) is 16.9 Å². The highest BCUT2D eigenvalue weighted by molar-refractivity contribution is 6.25. The first-order chi connectivity index (χ1) is 13.1. The Balaban J connectivity index is 1.85. The van der Waals surface area contributed by atoms with Crippen molar-refractivity contribution in [3.05, 3.63) is 95.6 Å². The van der Waals surface area contributed by atoms with Gasteiger partial charge in [-0.2, -0.15) is 0 Å². The van der Waals surface area contributed by atoms with Crippen molar-refractivity contribution in [1.82, 2.24) is 0 Å². The van der Waals surface area contributed by atoms with Crippen LogP contribution in [0.15, 0.2) is 78.9 Å². The van der Waals surface area contributed by atoms with Gasteiger partial charge >= 0.3 is 0 Å². The number of para-hydroxylation sites is 1. The summed E-state index contributed by atoms with van der Waals surface area (Å²) in [6.45, 7) is 0. The third-order valence-electron chi connectivity index (χ3n) is 5.07. The van der Waals surface area contributed by atoms with Crippen molar-refractivity contribution < 1.29 is 14.3 Å². The van der Waals surface area contributed by atoms with Crippen LogP contribution in [-0.2, 0) is 16.6 Å². The summed E-state index contributed by atoms with van der Waals surface area (Å²) in [4.78, 5) is 26.7. The second-order valence-electron chi connectivity index (χ2n) is 6.63. The quantitative estimate of drug-likeness (QED) is 0.554. The van der Waals surface area contributed by atoms with Gasteiger partial charge in [-0.05, 0) is 35.7 Å². The molecule has 4 heteroatoms. The monoisotopic (exact) mass is 357 g/mol. The van der Waals surface area contributed by atoms with Gasteiger partial charge in [-0.15, -0.1) is 0 Å². The standard InChI is InChI=1S/C23H19NO3/c1-27-18-13-11-16(12-14-18)15-23(21(25)17-7-3-2-4-8-17)19-9-5-6-10-20(19)24-22(23)26/h2-14H,15H2,1H3,(H,24,26). The van der Waals surface area contributed by atoms with Crippen LogP contribution in [0.1, 0.15) is 21.5 Å². The number of amides is 1. The molecule has 0 saturated carbocycles. The van der Waals surface area contributed by atoms with Gasteiger partial charge in [0.25, 0.3) is 0 Å². The molecule has 0 aromatic heterocycles. The Hall–Kier alpha value is -3.40. The molecule has 1 amide bonds. The molecule has 1 atom stereocenters. The molecule has 0 aliphatic carbocycles. The van der Waals surface area contributed by atoms with Gasteiger partial charge < -0.3 is 10.1 Å². The van der Waals surface area contributed by atoms with Gasteiger partial charge in [0.2, 0.25) is 5.91 Å². The third-order valence-corrected chi connectivity index (χ3v) is 5.07.